The summed E-state index contributed by atoms with van der Waals surface area (Å²) in [4.78, 5) is 50.5. The van der Waals surface area contributed by atoms with Crippen LogP contribution in [0.15, 0.2) is 0 Å². The predicted molar refractivity (Wildman–Crippen MR) is 120 cm³/mol. The van der Waals surface area contributed by atoms with Crippen molar-refractivity contribution >= 4 is 34.0 Å². The maximum absolute atomic E-state index is 15.2. The van der Waals surface area contributed by atoms with Crippen LogP contribution in [0, 0.1) is 53.3 Å². The summed E-state index contributed by atoms with van der Waals surface area (Å²) in [6.07, 6.45) is -3.26. The van der Waals surface area contributed by atoms with Crippen molar-refractivity contribution in [3.8, 4) is 0 Å². The molecule has 0 aromatic heterocycles. The molecule has 2 aliphatic heterocycles. The second-order valence-corrected chi connectivity index (χ2v) is 14.1. The zero-order valence-corrected chi connectivity index (χ0v) is 22.0. The number of esters is 4. The van der Waals surface area contributed by atoms with E-state index in [4.69, 9.17) is 23.5 Å². The van der Waals surface area contributed by atoms with Gasteiger partial charge >= 0.3 is 45.2 Å². The van der Waals surface area contributed by atoms with Gasteiger partial charge in [0.15, 0.2) is 0 Å². The Labute approximate surface area is 230 Å². The summed E-state index contributed by atoms with van der Waals surface area (Å²) in [5.74, 6) is -16.6. The van der Waals surface area contributed by atoms with Gasteiger partial charge in [0.1, 0.15) is 24.4 Å². The molecule has 0 amide bonds. The number of ether oxygens (including phenoxy) is 4. The van der Waals surface area contributed by atoms with Crippen molar-refractivity contribution in [3.63, 3.8) is 0 Å². The minimum Gasteiger partial charge on any atom is -0.458 e. The molecule has 5 saturated carbocycles. The first-order valence-electron chi connectivity index (χ1n) is 13.6. The lowest BCUT2D eigenvalue weighted by Gasteiger charge is -2.33. The largest absolute Gasteiger partial charge is 0.458 e. The van der Waals surface area contributed by atoms with Gasteiger partial charge in [0, 0.05) is 29.6 Å². The summed E-state index contributed by atoms with van der Waals surface area (Å²) in [5.41, 5.74) is 0. The molecule has 226 valence electrons. The molecule has 16 heteroatoms. The van der Waals surface area contributed by atoms with Gasteiger partial charge in [-0.15, -0.1) is 0 Å². The molecule has 4 bridgehead atoms. The number of fused-ring (bicyclic) bond motifs is 2. The Hall–Kier alpha value is -2.49. The Kier molecular flexibility index (Phi) is 5.70. The van der Waals surface area contributed by atoms with Crippen LogP contribution >= 0.6 is 0 Å². The van der Waals surface area contributed by atoms with E-state index in [9.17, 15) is 36.4 Å². The van der Waals surface area contributed by atoms with Crippen molar-refractivity contribution < 1.29 is 68.7 Å². The van der Waals surface area contributed by atoms with E-state index in [-0.39, 0.29) is 35.5 Å². The van der Waals surface area contributed by atoms with E-state index in [0.717, 1.165) is 0 Å². The molecule has 0 radical (unpaired) electrons. The van der Waals surface area contributed by atoms with E-state index in [1.54, 1.807) is 0 Å². The van der Waals surface area contributed by atoms with Gasteiger partial charge in [0.25, 0.3) is 0 Å². The first-order chi connectivity index (χ1) is 19.1. The number of rotatable bonds is 7. The second-order valence-electron chi connectivity index (χ2n) is 12.6. The number of hydrogen-bond acceptors (Lipinski definition) is 10. The van der Waals surface area contributed by atoms with Crippen LogP contribution in [0.25, 0.3) is 0 Å². The average molecular weight is 611 g/mol. The quantitative estimate of drug-likeness (QED) is 0.194. The molecule has 13 atom stereocenters. The first kappa shape index (κ1) is 27.3. The highest BCUT2D eigenvalue weighted by atomic mass is 32.2. The van der Waals surface area contributed by atoms with Crippen molar-refractivity contribution in [3.05, 3.63) is 0 Å². The molecule has 7 fully saturated rings. The third-order valence-electron chi connectivity index (χ3n) is 10.7. The number of carbonyl (C=O) groups excluding carboxylic acids is 4. The van der Waals surface area contributed by atoms with E-state index in [2.05, 4.69) is 0 Å². The highest BCUT2D eigenvalue weighted by Gasteiger charge is 2.73. The van der Waals surface area contributed by atoms with E-state index >= 15 is 8.78 Å². The van der Waals surface area contributed by atoms with Gasteiger partial charge in [0.2, 0.25) is 0 Å². The summed E-state index contributed by atoms with van der Waals surface area (Å²) < 4.78 is 112. The van der Waals surface area contributed by atoms with E-state index in [1.165, 1.54) is 0 Å². The fourth-order valence-corrected chi connectivity index (χ4v) is 9.36. The van der Waals surface area contributed by atoms with Gasteiger partial charge in [-0.3, -0.25) is 23.7 Å². The van der Waals surface area contributed by atoms with Gasteiger partial charge in [-0.2, -0.15) is 26.0 Å². The lowest BCUT2D eigenvalue weighted by Crippen LogP contribution is -2.53. The van der Waals surface area contributed by atoms with Gasteiger partial charge in [0.05, 0.1) is 23.7 Å². The molecule has 7 rings (SSSR count). The smallest absolute Gasteiger partial charge is 0.431 e. The molecule has 11 nitrogen and oxygen atoms in total. The van der Waals surface area contributed by atoms with E-state index in [1.807, 2.05) is 0 Å². The van der Waals surface area contributed by atoms with E-state index < -0.39 is 100 Å². The standard InChI is InChI=1S/C25H26F4O11S/c26-24(27,25(28,29)41(34,35)36)15-6-9(20(30)37-16-7-1-10-12(3-7)21(31)39-18(10)16)5-14(15)23(33)38-17-8-2-11-13(4-8)22(32)40-19(11)17/h7-19H,1-6H2,(H,34,35,36). The molecule has 5 aliphatic carbocycles. The van der Waals surface area contributed by atoms with Crippen LogP contribution in [-0.2, 0) is 48.2 Å². The number of hydrogen-bond donors (Lipinski definition) is 1. The van der Waals surface area contributed by atoms with Crippen LogP contribution < -0.4 is 0 Å². The van der Waals surface area contributed by atoms with E-state index in [0.29, 0.717) is 25.7 Å². The topological polar surface area (TPSA) is 160 Å². The third-order valence-corrected chi connectivity index (χ3v) is 11.6. The monoisotopic (exact) mass is 610 g/mol. The van der Waals surface area contributed by atoms with Crippen molar-refractivity contribution in [2.24, 2.45) is 53.3 Å². The van der Waals surface area contributed by atoms with Crippen molar-refractivity contribution in [2.75, 3.05) is 0 Å². The van der Waals surface area contributed by atoms with Crippen LogP contribution in [0.5, 0.6) is 0 Å². The Morgan fingerprint density at radius 1 is 0.780 bits per heavy atom. The summed E-state index contributed by atoms with van der Waals surface area (Å²) in [7, 11) is -6.62. The van der Waals surface area contributed by atoms with Crippen LogP contribution in [0.2, 0.25) is 0 Å². The highest BCUT2D eigenvalue weighted by molar-refractivity contribution is 7.87. The third kappa shape index (κ3) is 3.67. The van der Waals surface area contributed by atoms with Crippen LogP contribution in [0.1, 0.15) is 38.5 Å². The molecular weight excluding hydrogens is 584 g/mol. The van der Waals surface area contributed by atoms with Crippen molar-refractivity contribution in [1.29, 1.82) is 0 Å². The Morgan fingerprint density at radius 3 is 1.76 bits per heavy atom. The molecule has 0 spiro atoms. The number of alkyl halides is 4. The van der Waals surface area contributed by atoms with Gasteiger partial charge < -0.3 is 18.9 Å². The fourth-order valence-electron chi connectivity index (χ4n) is 8.86. The Bertz CT molecular complexity index is 1340. The average Bonchev–Trinajstić information content (AvgIpc) is 3.70. The van der Waals surface area contributed by atoms with Crippen molar-refractivity contribution in [2.45, 2.75) is 74.1 Å². The zero-order valence-electron chi connectivity index (χ0n) is 21.2. The van der Waals surface area contributed by atoms with Gasteiger partial charge in [-0.05, 0) is 38.5 Å². The molecule has 2 saturated heterocycles. The summed E-state index contributed by atoms with van der Waals surface area (Å²) in [5, 5.41) is -5.97. The summed E-state index contributed by atoms with van der Waals surface area (Å²) in [6, 6.07) is 0. The SMILES string of the molecule is O=C(OC1C2CC3C(=O)OC1C3C2)C1CC(C(=O)OC2C3CC4C(=O)OC2C4C3)C(C(F)(F)C(F)(F)S(=O)(=O)O)C1. The molecule has 0 aromatic rings. The van der Waals surface area contributed by atoms with Crippen molar-refractivity contribution in [1.82, 2.24) is 0 Å². The normalized spacial score (nSPS) is 45.7. The highest BCUT2D eigenvalue weighted by Crippen LogP contribution is 2.58. The van der Waals surface area contributed by atoms with Gasteiger partial charge in [-0.25, -0.2) is 0 Å². The maximum Gasteiger partial charge on any atom is 0.431 e. The molecule has 2 heterocycles. The molecular formula is C25H26F4O11S. The van der Waals surface area contributed by atoms with Crippen LogP contribution in [-0.4, -0.2) is 72.4 Å². The number of halogens is 4. The maximum atomic E-state index is 15.2. The number of carbonyl (C=O) groups is 4. The molecule has 1 N–H and O–H groups in total. The lowest BCUT2D eigenvalue weighted by atomic mass is 9.87. The zero-order chi connectivity index (χ0) is 29.4. The second kappa shape index (κ2) is 8.54. The fraction of sp³-hybridized carbons (Fsp3) is 0.840. The van der Waals surface area contributed by atoms with Crippen LogP contribution in [0.4, 0.5) is 17.6 Å². The minimum absolute atomic E-state index is 0.145. The lowest BCUT2D eigenvalue weighted by molar-refractivity contribution is -0.208. The Balaban J connectivity index is 1.12. The van der Waals surface area contributed by atoms with Gasteiger partial charge in [-0.1, -0.05) is 0 Å². The molecule has 41 heavy (non-hydrogen) atoms. The summed E-state index contributed by atoms with van der Waals surface area (Å²) in [6.45, 7) is 0. The minimum atomic E-state index is -6.62. The summed E-state index contributed by atoms with van der Waals surface area (Å²) >= 11 is 0. The van der Waals surface area contributed by atoms with Crippen LogP contribution in [0.3, 0.4) is 0 Å². The molecule has 13 unspecified atom stereocenters. The first-order valence-corrected chi connectivity index (χ1v) is 15.1. The molecule has 0 aromatic carbocycles. The molecule has 7 aliphatic rings. The predicted octanol–water partition coefficient (Wildman–Crippen LogP) is 1.73. The Morgan fingerprint density at radius 2 is 1.27 bits per heavy atom.